The Morgan fingerprint density at radius 2 is 2.13 bits per heavy atom. The fraction of sp³-hybridized carbons (Fsp3) is 0.429. The number of carbonyl (C=O) groups is 1. The molecule has 2 atom stereocenters. The Morgan fingerprint density at radius 3 is 2.74 bits per heavy atom. The molecule has 1 aliphatic heterocycles. The number of urea groups is 1. The number of benzene rings is 1. The fourth-order valence-electron chi connectivity index (χ4n) is 2.26. The van der Waals surface area contributed by atoms with Crippen molar-refractivity contribution in [3.05, 3.63) is 28.2 Å². The molecule has 2 unspecified atom stereocenters. The van der Waals surface area contributed by atoms with Gasteiger partial charge in [0.2, 0.25) is 0 Å². The fourth-order valence-corrected chi connectivity index (χ4v) is 2.86. The van der Waals surface area contributed by atoms with Crippen LogP contribution in [0.2, 0.25) is 10.0 Å². The minimum atomic E-state index is -0.750. The number of aliphatic hydroxyl groups is 2. The third-order valence-corrected chi connectivity index (χ3v) is 4.44. The number of thiocarbonyl (C=S) groups is 1. The monoisotopic (exact) mass is 377 g/mol. The molecule has 1 aromatic rings. The first kappa shape index (κ1) is 18.2. The van der Waals surface area contributed by atoms with Crippen molar-refractivity contribution >= 4 is 52.3 Å². The van der Waals surface area contributed by atoms with E-state index in [2.05, 4.69) is 5.32 Å². The highest BCUT2D eigenvalue weighted by molar-refractivity contribution is 7.80. The molecule has 1 aromatic carbocycles. The second kappa shape index (κ2) is 7.63. The van der Waals surface area contributed by atoms with Gasteiger partial charge >= 0.3 is 6.03 Å². The number of hydrogen-bond acceptors (Lipinski definition) is 4. The van der Waals surface area contributed by atoms with Crippen molar-refractivity contribution in [2.75, 3.05) is 25.0 Å². The summed E-state index contributed by atoms with van der Waals surface area (Å²) in [6.45, 7) is 2.22. The summed E-state index contributed by atoms with van der Waals surface area (Å²) in [5.41, 5.74) is 0.467. The highest BCUT2D eigenvalue weighted by Crippen LogP contribution is 2.25. The van der Waals surface area contributed by atoms with Gasteiger partial charge in [-0.2, -0.15) is 0 Å². The summed E-state index contributed by atoms with van der Waals surface area (Å²) in [6.07, 6.45) is -1.38. The zero-order valence-electron chi connectivity index (χ0n) is 12.4. The van der Waals surface area contributed by atoms with Crippen LogP contribution in [0.15, 0.2) is 18.2 Å². The molecule has 0 radical (unpaired) electrons. The normalized spacial score (nSPS) is 19.7. The molecule has 0 spiro atoms. The highest BCUT2D eigenvalue weighted by atomic mass is 35.5. The molecule has 1 saturated heterocycles. The number of hydrogen-bond donors (Lipinski definition) is 3. The standard InChI is InChI=1S/C14H17Cl2N3O3S/c1-8(20)5-18-6-10(21)7-19(14(18)23)13(22)17-9-2-3-11(15)12(16)4-9/h2-4,8,10,20-21H,5-7H2,1H3,(H,17,22). The Labute approximate surface area is 149 Å². The molecule has 2 rings (SSSR count). The van der Waals surface area contributed by atoms with Crippen LogP contribution < -0.4 is 5.32 Å². The molecule has 6 nitrogen and oxygen atoms in total. The maximum absolute atomic E-state index is 12.4. The summed E-state index contributed by atoms with van der Waals surface area (Å²) < 4.78 is 0. The van der Waals surface area contributed by atoms with E-state index in [9.17, 15) is 15.0 Å². The largest absolute Gasteiger partial charge is 0.392 e. The van der Waals surface area contributed by atoms with Crippen LogP contribution in [0.4, 0.5) is 10.5 Å². The van der Waals surface area contributed by atoms with Gasteiger partial charge in [-0.25, -0.2) is 4.79 Å². The SMILES string of the molecule is CC(O)CN1CC(O)CN(C(=O)Nc2ccc(Cl)c(Cl)c2)C1=S. The highest BCUT2D eigenvalue weighted by Gasteiger charge is 2.32. The molecule has 0 bridgehead atoms. The Balaban J connectivity index is 2.10. The van der Waals surface area contributed by atoms with E-state index in [0.717, 1.165) is 0 Å². The van der Waals surface area contributed by atoms with E-state index in [1.807, 2.05) is 0 Å². The van der Waals surface area contributed by atoms with Crippen LogP contribution >= 0.6 is 35.4 Å². The number of carbonyl (C=O) groups excluding carboxylic acids is 1. The second-order valence-corrected chi connectivity index (χ2v) is 6.54. The third-order valence-electron chi connectivity index (χ3n) is 3.23. The smallest absolute Gasteiger partial charge is 0.328 e. The number of nitrogens with zero attached hydrogens (tertiary/aromatic N) is 2. The summed E-state index contributed by atoms with van der Waals surface area (Å²) in [5.74, 6) is 0. The molecule has 126 valence electrons. The van der Waals surface area contributed by atoms with Gasteiger partial charge in [-0.1, -0.05) is 23.2 Å². The first-order valence-electron chi connectivity index (χ1n) is 6.96. The van der Waals surface area contributed by atoms with E-state index in [4.69, 9.17) is 35.4 Å². The Morgan fingerprint density at radius 1 is 1.43 bits per heavy atom. The van der Waals surface area contributed by atoms with Crippen molar-refractivity contribution < 1.29 is 15.0 Å². The zero-order valence-corrected chi connectivity index (χ0v) is 14.7. The second-order valence-electron chi connectivity index (χ2n) is 5.36. The van der Waals surface area contributed by atoms with Gasteiger partial charge in [0.15, 0.2) is 5.11 Å². The Hall–Kier alpha value is -1.12. The van der Waals surface area contributed by atoms with E-state index in [0.29, 0.717) is 15.7 Å². The van der Waals surface area contributed by atoms with Crippen molar-refractivity contribution in [1.82, 2.24) is 9.80 Å². The van der Waals surface area contributed by atoms with Crippen LogP contribution in [0.3, 0.4) is 0 Å². The van der Waals surface area contributed by atoms with E-state index < -0.39 is 18.2 Å². The lowest BCUT2D eigenvalue weighted by Gasteiger charge is -2.40. The van der Waals surface area contributed by atoms with Crippen molar-refractivity contribution in [1.29, 1.82) is 0 Å². The first-order chi connectivity index (χ1) is 10.8. The number of β-amino-alcohol motifs (C(OH)–C–C–N with tert-alkyl or cyclic N) is 2. The lowest BCUT2D eigenvalue weighted by atomic mass is 10.2. The van der Waals surface area contributed by atoms with Gasteiger partial charge in [-0.3, -0.25) is 4.90 Å². The summed E-state index contributed by atoms with van der Waals surface area (Å²) >= 11 is 17.0. The van der Waals surface area contributed by atoms with E-state index in [1.165, 1.54) is 11.0 Å². The quantitative estimate of drug-likeness (QED) is 0.703. The molecular formula is C14H17Cl2N3O3S. The van der Waals surface area contributed by atoms with Crippen LogP contribution in [-0.4, -0.2) is 63.0 Å². The van der Waals surface area contributed by atoms with Gasteiger partial charge < -0.3 is 20.4 Å². The first-order valence-corrected chi connectivity index (χ1v) is 8.13. The molecule has 3 N–H and O–H groups in total. The summed E-state index contributed by atoms with van der Waals surface area (Å²) in [6, 6.07) is 4.23. The van der Waals surface area contributed by atoms with Crippen LogP contribution in [-0.2, 0) is 0 Å². The van der Waals surface area contributed by atoms with Gasteiger partial charge in [-0.05, 0) is 37.3 Å². The number of aliphatic hydroxyl groups excluding tert-OH is 2. The number of anilines is 1. The summed E-state index contributed by atoms with van der Waals surface area (Å²) in [5, 5.41) is 23.1. The maximum Gasteiger partial charge on any atom is 0.328 e. The van der Waals surface area contributed by atoms with Gasteiger partial charge in [0.1, 0.15) is 0 Å². The number of amides is 2. The molecule has 2 amide bonds. The maximum atomic E-state index is 12.4. The minimum absolute atomic E-state index is 0.0856. The topological polar surface area (TPSA) is 76.0 Å². The molecule has 23 heavy (non-hydrogen) atoms. The van der Waals surface area contributed by atoms with Crippen molar-refractivity contribution in [2.24, 2.45) is 0 Å². The van der Waals surface area contributed by atoms with Crippen molar-refractivity contribution in [3.8, 4) is 0 Å². The Bertz CT molecular complexity index is 613. The molecule has 1 fully saturated rings. The van der Waals surface area contributed by atoms with Crippen LogP contribution in [0, 0.1) is 0 Å². The summed E-state index contributed by atoms with van der Waals surface area (Å²) in [7, 11) is 0. The van der Waals surface area contributed by atoms with Crippen molar-refractivity contribution in [2.45, 2.75) is 19.1 Å². The molecular weight excluding hydrogens is 361 g/mol. The zero-order chi connectivity index (χ0) is 17.1. The van der Waals surface area contributed by atoms with Crippen molar-refractivity contribution in [3.63, 3.8) is 0 Å². The van der Waals surface area contributed by atoms with E-state index in [1.54, 1.807) is 24.0 Å². The summed E-state index contributed by atoms with van der Waals surface area (Å²) in [4.78, 5) is 15.3. The average molecular weight is 378 g/mol. The number of nitrogens with one attached hydrogen (secondary N) is 1. The average Bonchev–Trinajstić information content (AvgIpc) is 2.45. The third kappa shape index (κ3) is 4.68. The van der Waals surface area contributed by atoms with Crippen LogP contribution in [0.5, 0.6) is 0 Å². The van der Waals surface area contributed by atoms with Gasteiger partial charge in [-0.15, -0.1) is 0 Å². The molecule has 1 aliphatic rings. The predicted octanol–water partition coefficient (Wildman–Crippen LogP) is 2.17. The van der Waals surface area contributed by atoms with E-state index >= 15 is 0 Å². The minimum Gasteiger partial charge on any atom is -0.392 e. The number of halogens is 2. The van der Waals surface area contributed by atoms with Crippen LogP contribution in [0.25, 0.3) is 0 Å². The molecule has 9 heteroatoms. The predicted molar refractivity (Wildman–Crippen MR) is 94.0 cm³/mol. The molecule has 0 aliphatic carbocycles. The molecule has 0 aromatic heterocycles. The van der Waals surface area contributed by atoms with Gasteiger partial charge in [0.25, 0.3) is 0 Å². The van der Waals surface area contributed by atoms with Gasteiger partial charge in [0.05, 0.1) is 28.8 Å². The lowest BCUT2D eigenvalue weighted by molar-refractivity contribution is 0.0730. The van der Waals surface area contributed by atoms with E-state index in [-0.39, 0.29) is 24.7 Å². The van der Waals surface area contributed by atoms with Crippen LogP contribution in [0.1, 0.15) is 6.92 Å². The molecule has 0 saturated carbocycles. The lowest BCUT2D eigenvalue weighted by Crippen LogP contribution is -2.59. The molecule has 1 heterocycles. The number of rotatable bonds is 3. The van der Waals surface area contributed by atoms with Gasteiger partial charge in [0, 0.05) is 18.8 Å². The Kier molecular flexibility index (Phi) is 6.05.